The topological polar surface area (TPSA) is 66.4 Å². The third-order valence-electron chi connectivity index (χ3n) is 4.26. The van der Waals surface area contributed by atoms with E-state index >= 15 is 0 Å². The second kappa shape index (κ2) is 6.32. The van der Waals surface area contributed by atoms with Crippen LogP contribution in [0.2, 0.25) is 0 Å². The van der Waals surface area contributed by atoms with Gasteiger partial charge < -0.3 is 10.4 Å². The van der Waals surface area contributed by atoms with E-state index in [9.17, 15) is 13.5 Å². The van der Waals surface area contributed by atoms with Gasteiger partial charge in [-0.3, -0.25) is 0 Å². The van der Waals surface area contributed by atoms with Crippen molar-refractivity contribution >= 4 is 9.84 Å². The molecule has 4 nitrogen and oxygen atoms in total. The molecule has 1 aliphatic rings. The summed E-state index contributed by atoms with van der Waals surface area (Å²) in [7, 11) is -2.99. The summed E-state index contributed by atoms with van der Waals surface area (Å²) in [5.41, 5.74) is -0.166. The number of hydrogen-bond donors (Lipinski definition) is 2. The van der Waals surface area contributed by atoms with E-state index in [4.69, 9.17) is 0 Å². The summed E-state index contributed by atoms with van der Waals surface area (Å²) < 4.78 is 23.5. The summed E-state index contributed by atoms with van der Waals surface area (Å²) in [6, 6.07) is -0.131. The standard InChI is InChI=1S/C15H31NO3S/c1-6-20(18,19)9-13(3)16-15(11-17)8-12(2)7-14(4,5)10-15/h12-13,16-17H,6-11H2,1-5H3. The zero-order valence-electron chi connectivity index (χ0n) is 13.6. The molecule has 1 fully saturated rings. The van der Waals surface area contributed by atoms with Gasteiger partial charge in [0, 0.05) is 17.3 Å². The predicted molar refractivity (Wildman–Crippen MR) is 83.5 cm³/mol. The molecule has 0 bridgehead atoms. The quantitative estimate of drug-likeness (QED) is 0.787. The van der Waals surface area contributed by atoms with E-state index in [0.717, 1.165) is 19.3 Å². The van der Waals surface area contributed by atoms with Crippen LogP contribution >= 0.6 is 0 Å². The summed E-state index contributed by atoms with van der Waals surface area (Å²) >= 11 is 0. The SMILES string of the molecule is CCS(=O)(=O)CC(C)NC1(CO)CC(C)CC(C)(C)C1. The highest BCUT2D eigenvalue weighted by Crippen LogP contribution is 2.43. The zero-order chi connectivity index (χ0) is 15.6. The lowest BCUT2D eigenvalue weighted by Crippen LogP contribution is -2.58. The normalized spacial score (nSPS) is 32.0. The Morgan fingerprint density at radius 3 is 2.40 bits per heavy atom. The molecule has 2 N–H and O–H groups in total. The fraction of sp³-hybridized carbons (Fsp3) is 1.00. The molecule has 0 heterocycles. The van der Waals surface area contributed by atoms with Gasteiger partial charge in [-0.05, 0) is 37.5 Å². The minimum Gasteiger partial charge on any atom is -0.394 e. The first-order chi connectivity index (χ1) is 9.03. The van der Waals surface area contributed by atoms with Crippen molar-refractivity contribution in [3.8, 4) is 0 Å². The molecule has 3 unspecified atom stereocenters. The molecule has 5 heteroatoms. The summed E-state index contributed by atoms with van der Waals surface area (Å²) in [5, 5.41) is 13.3. The molecule has 0 saturated heterocycles. The minimum absolute atomic E-state index is 0.0667. The molecule has 1 aliphatic carbocycles. The monoisotopic (exact) mass is 305 g/mol. The molecule has 0 amide bonds. The highest BCUT2D eigenvalue weighted by atomic mass is 32.2. The van der Waals surface area contributed by atoms with E-state index in [-0.39, 0.29) is 35.1 Å². The van der Waals surface area contributed by atoms with Crippen molar-refractivity contribution in [3.05, 3.63) is 0 Å². The summed E-state index contributed by atoms with van der Waals surface area (Å²) in [4.78, 5) is 0. The van der Waals surface area contributed by atoms with E-state index < -0.39 is 9.84 Å². The Labute approximate surface area is 124 Å². The number of aliphatic hydroxyl groups excluding tert-OH is 1. The van der Waals surface area contributed by atoms with E-state index in [0.29, 0.717) is 5.92 Å². The van der Waals surface area contributed by atoms with E-state index in [1.54, 1.807) is 6.92 Å². The van der Waals surface area contributed by atoms with Crippen molar-refractivity contribution in [1.29, 1.82) is 0 Å². The van der Waals surface area contributed by atoms with Crippen LogP contribution in [0.15, 0.2) is 0 Å². The Morgan fingerprint density at radius 2 is 1.95 bits per heavy atom. The second-order valence-electron chi connectivity index (χ2n) is 7.54. The summed E-state index contributed by atoms with van der Waals surface area (Å²) in [6.07, 6.45) is 2.94. The van der Waals surface area contributed by atoms with Crippen molar-refractivity contribution < 1.29 is 13.5 Å². The highest BCUT2D eigenvalue weighted by Gasteiger charge is 2.43. The first-order valence-electron chi connectivity index (χ1n) is 7.62. The first-order valence-corrected chi connectivity index (χ1v) is 9.44. The Bertz CT molecular complexity index is 419. The van der Waals surface area contributed by atoms with E-state index in [2.05, 4.69) is 26.1 Å². The molecule has 0 spiro atoms. The van der Waals surface area contributed by atoms with Gasteiger partial charge >= 0.3 is 0 Å². The average molecular weight is 305 g/mol. The summed E-state index contributed by atoms with van der Waals surface area (Å²) in [5.74, 6) is 0.848. The molecule has 0 aromatic carbocycles. The van der Waals surface area contributed by atoms with Gasteiger partial charge in [0.2, 0.25) is 0 Å². The molecular formula is C15H31NO3S. The maximum absolute atomic E-state index is 11.7. The third kappa shape index (κ3) is 5.01. The van der Waals surface area contributed by atoms with E-state index in [1.807, 2.05) is 6.92 Å². The Balaban J connectivity index is 2.79. The molecule has 3 atom stereocenters. The molecule has 1 rings (SSSR count). The van der Waals surface area contributed by atoms with Crippen LogP contribution in [0.5, 0.6) is 0 Å². The Morgan fingerprint density at radius 1 is 1.35 bits per heavy atom. The van der Waals surface area contributed by atoms with Crippen LogP contribution in [0.4, 0.5) is 0 Å². The number of sulfone groups is 1. The maximum Gasteiger partial charge on any atom is 0.151 e. The Kier molecular flexibility index (Phi) is 5.67. The second-order valence-corrected chi connectivity index (χ2v) is 9.93. The third-order valence-corrected chi connectivity index (χ3v) is 6.14. The summed E-state index contributed by atoms with van der Waals surface area (Å²) in [6.45, 7) is 10.3. The van der Waals surface area contributed by atoms with Crippen molar-refractivity contribution in [1.82, 2.24) is 5.32 Å². The molecule has 0 aromatic heterocycles. The Hall–Kier alpha value is -0.130. The van der Waals surface area contributed by atoms with Crippen LogP contribution < -0.4 is 5.32 Å². The van der Waals surface area contributed by atoms with Gasteiger partial charge in [0.1, 0.15) is 0 Å². The maximum atomic E-state index is 11.7. The van der Waals surface area contributed by atoms with Crippen LogP contribution in [-0.4, -0.2) is 43.2 Å². The largest absolute Gasteiger partial charge is 0.394 e. The average Bonchev–Trinajstić information content (AvgIpc) is 2.25. The lowest BCUT2D eigenvalue weighted by molar-refractivity contribution is 0.0315. The number of aliphatic hydroxyl groups is 1. The predicted octanol–water partition coefficient (Wildman–Crippen LogP) is 1.98. The number of nitrogens with one attached hydrogen (secondary N) is 1. The van der Waals surface area contributed by atoms with Crippen molar-refractivity contribution in [3.63, 3.8) is 0 Å². The zero-order valence-corrected chi connectivity index (χ0v) is 14.4. The van der Waals surface area contributed by atoms with Crippen molar-refractivity contribution in [2.45, 2.75) is 65.5 Å². The van der Waals surface area contributed by atoms with Crippen LogP contribution in [0.1, 0.15) is 53.9 Å². The molecule has 0 aliphatic heterocycles. The molecule has 20 heavy (non-hydrogen) atoms. The van der Waals surface area contributed by atoms with Gasteiger partial charge in [0.05, 0.1) is 12.4 Å². The van der Waals surface area contributed by atoms with E-state index in [1.165, 1.54) is 0 Å². The van der Waals surface area contributed by atoms with Crippen LogP contribution in [0, 0.1) is 11.3 Å². The van der Waals surface area contributed by atoms with Crippen LogP contribution in [0.3, 0.4) is 0 Å². The van der Waals surface area contributed by atoms with Gasteiger partial charge in [-0.1, -0.05) is 27.7 Å². The lowest BCUT2D eigenvalue weighted by atomic mass is 9.64. The van der Waals surface area contributed by atoms with Crippen LogP contribution in [0.25, 0.3) is 0 Å². The fourth-order valence-electron chi connectivity index (χ4n) is 4.08. The van der Waals surface area contributed by atoms with Crippen LogP contribution in [-0.2, 0) is 9.84 Å². The minimum atomic E-state index is -2.99. The van der Waals surface area contributed by atoms with Gasteiger partial charge in [0.15, 0.2) is 9.84 Å². The smallest absolute Gasteiger partial charge is 0.151 e. The number of rotatable bonds is 6. The molecular weight excluding hydrogens is 274 g/mol. The van der Waals surface area contributed by atoms with Crippen molar-refractivity contribution in [2.24, 2.45) is 11.3 Å². The van der Waals surface area contributed by atoms with Gasteiger partial charge in [0.25, 0.3) is 0 Å². The van der Waals surface area contributed by atoms with Gasteiger partial charge in [-0.25, -0.2) is 8.42 Å². The molecule has 0 radical (unpaired) electrons. The van der Waals surface area contributed by atoms with Gasteiger partial charge in [-0.15, -0.1) is 0 Å². The molecule has 120 valence electrons. The fourth-order valence-corrected chi connectivity index (χ4v) is 5.16. The first kappa shape index (κ1) is 17.9. The molecule has 0 aromatic rings. The highest BCUT2D eigenvalue weighted by molar-refractivity contribution is 7.91. The number of hydrogen-bond acceptors (Lipinski definition) is 4. The van der Waals surface area contributed by atoms with Crippen molar-refractivity contribution in [2.75, 3.05) is 18.1 Å². The lowest BCUT2D eigenvalue weighted by Gasteiger charge is -2.48. The molecule has 1 saturated carbocycles. The van der Waals surface area contributed by atoms with Gasteiger partial charge in [-0.2, -0.15) is 0 Å².